The van der Waals surface area contributed by atoms with E-state index in [2.05, 4.69) is 10.6 Å². The zero-order valence-corrected chi connectivity index (χ0v) is 15.7. The molecule has 0 heterocycles. The van der Waals surface area contributed by atoms with Crippen LogP contribution in [-0.4, -0.2) is 41.4 Å². The standard InChI is InChI=1S/C19H32N2O4/c1-17(2,3)25-16(23)21-5-4-20-15(22)11-18-7-13-6-14(8-18)10-19(24,9-13)12-18/h13-14,24H,4-12H2,1-3H3,(H,20,22)(H,21,23). The average molecular weight is 352 g/mol. The van der Waals surface area contributed by atoms with E-state index in [0.717, 1.165) is 32.1 Å². The zero-order chi connectivity index (χ0) is 18.3. The fraction of sp³-hybridized carbons (Fsp3) is 0.895. The van der Waals surface area contributed by atoms with Crippen LogP contribution in [0.1, 0.15) is 65.7 Å². The molecule has 4 aliphatic rings. The van der Waals surface area contributed by atoms with Gasteiger partial charge in [0.25, 0.3) is 0 Å². The number of hydrogen-bond donors (Lipinski definition) is 3. The Kier molecular flexibility index (Phi) is 4.77. The molecule has 6 heteroatoms. The van der Waals surface area contributed by atoms with Gasteiger partial charge in [0.15, 0.2) is 0 Å². The lowest BCUT2D eigenvalue weighted by molar-refractivity contribution is -0.169. The molecule has 4 bridgehead atoms. The maximum atomic E-state index is 12.4. The Morgan fingerprint density at radius 3 is 2.24 bits per heavy atom. The highest BCUT2D eigenvalue weighted by Gasteiger charge is 2.57. The van der Waals surface area contributed by atoms with Gasteiger partial charge in [0.1, 0.15) is 5.60 Å². The predicted octanol–water partition coefficient (Wildman–Crippen LogP) is 2.35. The monoisotopic (exact) mass is 352 g/mol. The van der Waals surface area contributed by atoms with Crippen molar-refractivity contribution in [2.45, 2.75) is 76.9 Å². The third-order valence-corrected chi connectivity index (χ3v) is 5.80. The first-order chi connectivity index (χ1) is 11.6. The highest BCUT2D eigenvalue weighted by Crippen LogP contribution is 2.62. The van der Waals surface area contributed by atoms with Crippen molar-refractivity contribution < 1.29 is 19.4 Å². The molecular weight excluding hydrogens is 320 g/mol. The normalized spacial score (nSPS) is 36.2. The fourth-order valence-corrected chi connectivity index (χ4v) is 5.69. The SMILES string of the molecule is CC(C)(C)OC(=O)NCCNC(=O)CC12CC3CC(CC(O)(C3)C1)C2. The quantitative estimate of drug-likeness (QED) is 0.663. The number of carbonyl (C=O) groups excluding carboxylic acids is 2. The van der Waals surface area contributed by atoms with E-state index >= 15 is 0 Å². The molecule has 0 aromatic carbocycles. The topological polar surface area (TPSA) is 87.7 Å². The van der Waals surface area contributed by atoms with Gasteiger partial charge in [0.05, 0.1) is 5.60 Å². The summed E-state index contributed by atoms with van der Waals surface area (Å²) in [7, 11) is 0. The van der Waals surface area contributed by atoms with Crippen molar-refractivity contribution in [3.8, 4) is 0 Å². The maximum absolute atomic E-state index is 12.4. The molecule has 6 nitrogen and oxygen atoms in total. The molecule has 4 rings (SSSR count). The third kappa shape index (κ3) is 4.66. The summed E-state index contributed by atoms with van der Waals surface area (Å²) in [5, 5.41) is 16.3. The molecule has 142 valence electrons. The van der Waals surface area contributed by atoms with E-state index in [0.29, 0.717) is 31.3 Å². The largest absolute Gasteiger partial charge is 0.444 e. The van der Waals surface area contributed by atoms with Crippen LogP contribution in [-0.2, 0) is 9.53 Å². The second kappa shape index (κ2) is 6.45. The Bertz CT molecular complexity index is 526. The van der Waals surface area contributed by atoms with E-state index in [9.17, 15) is 14.7 Å². The minimum Gasteiger partial charge on any atom is -0.444 e. The molecule has 4 aliphatic carbocycles. The van der Waals surface area contributed by atoms with Crippen LogP contribution in [0.3, 0.4) is 0 Å². The summed E-state index contributed by atoms with van der Waals surface area (Å²) in [5.74, 6) is 1.21. The molecule has 3 N–H and O–H groups in total. The van der Waals surface area contributed by atoms with Gasteiger partial charge in [0.2, 0.25) is 5.91 Å². The number of aliphatic hydroxyl groups is 1. The van der Waals surface area contributed by atoms with Gasteiger partial charge in [-0.2, -0.15) is 0 Å². The Balaban J connectivity index is 1.41. The van der Waals surface area contributed by atoms with Crippen LogP contribution in [0.15, 0.2) is 0 Å². The van der Waals surface area contributed by atoms with E-state index in [-0.39, 0.29) is 11.3 Å². The number of alkyl carbamates (subject to hydrolysis) is 1. The number of nitrogens with one attached hydrogen (secondary N) is 2. The molecule has 0 aliphatic heterocycles. The molecule has 2 amide bonds. The third-order valence-electron chi connectivity index (χ3n) is 5.80. The lowest BCUT2D eigenvalue weighted by Gasteiger charge is -2.60. The number of carbonyl (C=O) groups is 2. The molecule has 2 unspecified atom stereocenters. The Morgan fingerprint density at radius 1 is 1.08 bits per heavy atom. The van der Waals surface area contributed by atoms with E-state index in [4.69, 9.17) is 4.74 Å². The second-order valence-corrected chi connectivity index (χ2v) is 9.64. The highest BCUT2D eigenvalue weighted by atomic mass is 16.6. The van der Waals surface area contributed by atoms with Crippen molar-refractivity contribution in [1.29, 1.82) is 0 Å². The van der Waals surface area contributed by atoms with Gasteiger partial charge in [-0.05, 0) is 76.5 Å². The van der Waals surface area contributed by atoms with Crippen LogP contribution in [0.4, 0.5) is 4.79 Å². The van der Waals surface area contributed by atoms with Gasteiger partial charge in [-0.25, -0.2) is 4.79 Å². The van der Waals surface area contributed by atoms with Crippen molar-refractivity contribution >= 4 is 12.0 Å². The van der Waals surface area contributed by atoms with Gasteiger partial charge in [-0.1, -0.05) is 0 Å². The Labute approximate surface area is 150 Å². The van der Waals surface area contributed by atoms with Crippen molar-refractivity contribution in [2.75, 3.05) is 13.1 Å². The molecule has 25 heavy (non-hydrogen) atoms. The van der Waals surface area contributed by atoms with Crippen molar-refractivity contribution in [3.05, 3.63) is 0 Å². The first-order valence-corrected chi connectivity index (χ1v) is 9.53. The van der Waals surface area contributed by atoms with E-state index in [1.54, 1.807) is 0 Å². The summed E-state index contributed by atoms with van der Waals surface area (Å²) < 4.78 is 5.16. The van der Waals surface area contributed by atoms with Crippen LogP contribution in [0.5, 0.6) is 0 Å². The highest BCUT2D eigenvalue weighted by molar-refractivity contribution is 5.77. The molecule has 4 saturated carbocycles. The predicted molar refractivity (Wildman–Crippen MR) is 93.9 cm³/mol. The summed E-state index contributed by atoms with van der Waals surface area (Å²) >= 11 is 0. The van der Waals surface area contributed by atoms with Gasteiger partial charge >= 0.3 is 6.09 Å². The van der Waals surface area contributed by atoms with Gasteiger partial charge in [0, 0.05) is 19.5 Å². The van der Waals surface area contributed by atoms with Gasteiger partial charge in [-0.3, -0.25) is 4.79 Å². The van der Waals surface area contributed by atoms with Crippen molar-refractivity contribution in [2.24, 2.45) is 17.3 Å². The molecule has 0 spiro atoms. The van der Waals surface area contributed by atoms with Crippen LogP contribution in [0, 0.1) is 17.3 Å². The molecular formula is C19H32N2O4. The van der Waals surface area contributed by atoms with Crippen LogP contribution in [0.25, 0.3) is 0 Å². The smallest absolute Gasteiger partial charge is 0.407 e. The van der Waals surface area contributed by atoms with Crippen LogP contribution < -0.4 is 10.6 Å². The maximum Gasteiger partial charge on any atom is 0.407 e. The summed E-state index contributed by atoms with van der Waals surface area (Å²) in [4.78, 5) is 23.9. The van der Waals surface area contributed by atoms with Gasteiger partial charge in [-0.15, -0.1) is 0 Å². The van der Waals surface area contributed by atoms with E-state index in [1.807, 2.05) is 20.8 Å². The van der Waals surface area contributed by atoms with Crippen LogP contribution in [0.2, 0.25) is 0 Å². The number of rotatable bonds is 5. The zero-order valence-electron chi connectivity index (χ0n) is 15.7. The average Bonchev–Trinajstić information content (AvgIpc) is 2.38. The summed E-state index contributed by atoms with van der Waals surface area (Å²) in [6.45, 7) is 6.18. The summed E-state index contributed by atoms with van der Waals surface area (Å²) in [6, 6.07) is 0. The fourth-order valence-electron chi connectivity index (χ4n) is 5.69. The molecule has 0 aromatic heterocycles. The molecule has 0 aromatic rings. The van der Waals surface area contributed by atoms with Crippen molar-refractivity contribution in [1.82, 2.24) is 10.6 Å². The van der Waals surface area contributed by atoms with Crippen LogP contribution >= 0.6 is 0 Å². The first-order valence-electron chi connectivity index (χ1n) is 9.53. The minimum atomic E-state index is -0.525. The van der Waals surface area contributed by atoms with Crippen molar-refractivity contribution in [3.63, 3.8) is 0 Å². The molecule has 0 radical (unpaired) electrons. The number of hydrogen-bond acceptors (Lipinski definition) is 4. The Morgan fingerprint density at radius 2 is 1.68 bits per heavy atom. The minimum absolute atomic E-state index is 0.0124. The van der Waals surface area contributed by atoms with Gasteiger partial charge < -0.3 is 20.5 Å². The molecule has 2 atom stereocenters. The molecule has 0 saturated heterocycles. The Hall–Kier alpha value is -1.30. The summed E-state index contributed by atoms with van der Waals surface area (Å²) in [6.07, 6.45) is 6.03. The number of amides is 2. The number of ether oxygens (including phenoxy) is 1. The second-order valence-electron chi connectivity index (χ2n) is 9.64. The lowest BCUT2D eigenvalue weighted by Crippen LogP contribution is -2.56. The first kappa shape index (κ1) is 18.5. The molecule has 4 fully saturated rings. The summed E-state index contributed by atoms with van der Waals surface area (Å²) in [5.41, 5.74) is -1.06. The van der Waals surface area contributed by atoms with E-state index < -0.39 is 17.3 Å². The lowest BCUT2D eigenvalue weighted by atomic mass is 9.47. The van der Waals surface area contributed by atoms with E-state index in [1.165, 1.54) is 6.42 Å².